The van der Waals surface area contributed by atoms with E-state index in [1.54, 1.807) is 6.07 Å². The van der Waals surface area contributed by atoms with Crippen molar-refractivity contribution in [3.8, 4) is 0 Å². The van der Waals surface area contributed by atoms with Crippen molar-refractivity contribution in [1.82, 2.24) is 9.47 Å². The molecule has 28 heavy (non-hydrogen) atoms. The van der Waals surface area contributed by atoms with Crippen molar-refractivity contribution in [2.24, 2.45) is 29.1 Å². The number of aromatic nitrogens is 1. The highest BCUT2D eigenvalue weighted by atomic mass is 35.5. The number of likely N-dealkylation sites (tertiary alicyclic amines) is 1. The van der Waals surface area contributed by atoms with E-state index in [0.29, 0.717) is 11.8 Å². The fourth-order valence-corrected chi connectivity index (χ4v) is 8.17. The summed E-state index contributed by atoms with van der Waals surface area (Å²) in [5, 5.41) is 11.4. The number of pyridine rings is 1. The van der Waals surface area contributed by atoms with E-state index in [9.17, 15) is 9.90 Å². The third-order valence-electron chi connectivity index (χ3n) is 8.78. The smallest absolute Gasteiger partial charge is 0.250 e. The predicted octanol–water partition coefficient (Wildman–Crippen LogP) is 3.27. The van der Waals surface area contributed by atoms with E-state index in [4.69, 9.17) is 0 Å². The molecule has 1 aromatic heterocycles. The van der Waals surface area contributed by atoms with Gasteiger partial charge in [-0.05, 0) is 80.1 Å². The summed E-state index contributed by atoms with van der Waals surface area (Å²) in [4.78, 5) is 14.8. The molecule has 4 saturated carbocycles. The SMILES string of the molecule is Cl.O=c1cccc2n1C[C@H]1C[C@@H]2CN(CC(O)C23CC4CC(CC(C4)C2)C3)C1. The highest BCUT2D eigenvalue weighted by Gasteiger charge is 2.54. The number of nitrogens with zero attached hydrogens (tertiary/aromatic N) is 2. The van der Waals surface area contributed by atoms with E-state index in [0.717, 1.165) is 43.9 Å². The maximum absolute atomic E-state index is 12.2. The molecule has 5 heteroatoms. The van der Waals surface area contributed by atoms with Crippen LogP contribution in [0.2, 0.25) is 0 Å². The number of rotatable bonds is 3. The van der Waals surface area contributed by atoms with Gasteiger partial charge >= 0.3 is 0 Å². The molecule has 7 rings (SSSR count). The van der Waals surface area contributed by atoms with Crippen molar-refractivity contribution in [1.29, 1.82) is 0 Å². The van der Waals surface area contributed by atoms with Gasteiger partial charge in [-0.2, -0.15) is 0 Å². The third kappa shape index (κ3) is 2.98. The van der Waals surface area contributed by atoms with Crippen LogP contribution in [0, 0.1) is 29.1 Å². The summed E-state index contributed by atoms with van der Waals surface area (Å²) in [6.07, 6.45) is 9.18. The predicted molar refractivity (Wildman–Crippen MR) is 112 cm³/mol. The average molecular weight is 405 g/mol. The molecule has 5 fully saturated rings. The largest absolute Gasteiger partial charge is 0.391 e. The molecule has 3 atom stereocenters. The van der Waals surface area contributed by atoms with Gasteiger partial charge in [0.15, 0.2) is 0 Å². The molecule has 3 heterocycles. The Morgan fingerprint density at radius 3 is 2.32 bits per heavy atom. The molecule has 0 amide bonds. The van der Waals surface area contributed by atoms with Gasteiger partial charge in [0.25, 0.3) is 5.56 Å². The van der Waals surface area contributed by atoms with Gasteiger partial charge in [0.1, 0.15) is 0 Å². The van der Waals surface area contributed by atoms with Crippen molar-refractivity contribution in [2.45, 2.75) is 63.5 Å². The molecule has 154 valence electrons. The van der Waals surface area contributed by atoms with Gasteiger partial charge < -0.3 is 9.67 Å². The molecule has 0 radical (unpaired) electrons. The Bertz CT molecular complexity index is 771. The van der Waals surface area contributed by atoms with E-state index < -0.39 is 0 Å². The zero-order valence-corrected chi connectivity index (χ0v) is 17.4. The first-order chi connectivity index (χ1) is 13.1. The molecule has 0 aromatic carbocycles. The maximum Gasteiger partial charge on any atom is 0.250 e. The number of halogens is 1. The molecule has 1 N–H and O–H groups in total. The highest BCUT2D eigenvalue weighted by molar-refractivity contribution is 5.85. The molecule has 0 spiro atoms. The molecular formula is C23H33ClN2O2. The Labute approximate surface area is 173 Å². The second-order valence-corrected chi connectivity index (χ2v) is 10.7. The second kappa shape index (κ2) is 6.85. The van der Waals surface area contributed by atoms with E-state index in [2.05, 4.69) is 11.0 Å². The zero-order valence-electron chi connectivity index (χ0n) is 16.6. The van der Waals surface area contributed by atoms with Crippen LogP contribution < -0.4 is 5.56 Å². The zero-order chi connectivity index (χ0) is 18.2. The molecule has 6 bridgehead atoms. The minimum absolute atomic E-state index is 0. The molecule has 1 saturated heterocycles. The van der Waals surface area contributed by atoms with E-state index in [1.807, 2.05) is 10.6 Å². The fraction of sp³-hybridized carbons (Fsp3) is 0.783. The van der Waals surface area contributed by atoms with Crippen molar-refractivity contribution >= 4 is 12.4 Å². The maximum atomic E-state index is 12.2. The van der Waals surface area contributed by atoms with Crippen LogP contribution in [0.5, 0.6) is 0 Å². The fourth-order valence-electron chi connectivity index (χ4n) is 8.17. The first-order valence-corrected chi connectivity index (χ1v) is 11.2. The summed E-state index contributed by atoms with van der Waals surface area (Å²) in [5.41, 5.74) is 1.59. The van der Waals surface area contributed by atoms with Gasteiger partial charge in [-0.1, -0.05) is 6.07 Å². The summed E-state index contributed by atoms with van der Waals surface area (Å²) in [6.45, 7) is 3.75. The van der Waals surface area contributed by atoms with Crippen molar-refractivity contribution in [2.75, 3.05) is 19.6 Å². The summed E-state index contributed by atoms with van der Waals surface area (Å²) in [5.74, 6) is 3.69. The highest BCUT2D eigenvalue weighted by Crippen LogP contribution is 2.61. The standard InChI is InChI=1S/C23H32N2O2.ClH/c26-21(23-8-15-4-16(9-23)6-17(5-15)10-23)14-24-11-18-7-19(13-24)20-2-1-3-22(27)25(20)12-18;/h1-3,15-19,21,26H,4-14H2;1H/t15?,16?,17?,18-,19+,21?,23?;/m0./s1. The van der Waals surface area contributed by atoms with Crippen LogP contribution in [0.1, 0.15) is 56.6 Å². The van der Waals surface area contributed by atoms with Gasteiger partial charge in [0, 0.05) is 43.9 Å². The van der Waals surface area contributed by atoms with Gasteiger partial charge in [0.2, 0.25) is 0 Å². The van der Waals surface area contributed by atoms with E-state index in [-0.39, 0.29) is 29.5 Å². The number of aliphatic hydroxyl groups is 1. The van der Waals surface area contributed by atoms with Crippen molar-refractivity contribution in [3.63, 3.8) is 0 Å². The number of hydrogen-bond acceptors (Lipinski definition) is 3. The third-order valence-corrected chi connectivity index (χ3v) is 8.78. The lowest BCUT2D eigenvalue weighted by Crippen LogP contribution is -2.56. The monoisotopic (exact) mass is 404 g/mol. The lowest BCUT2D eigenvalue weighted by atomic mass is 9.48. The lowest BCUT2D eigenvalue weighted by Gasteiger charge is -2.59. The molecule has 4 nitrogen and oxygen atoms in total. The molecule has 2 aliphatic heterocycles. The Morgan fingerprint density at radius 1 is 0.964 bits per heavy atom. The number of aliphatic hydroxyl groups excluding tert-OH is 1. The first kappa shape index (κ1) is 19.1. The normalized spacial score (nSPS) is 42.0. The Kier molecular flexibility index (Phi) is 4.68. The quantitative estimate of drug-likeness (QED) is 0.840. The summed E-state index contributed by atoms with van der Waals surface area (Å²) >= 11 is 0. The molecule has 6 aliphatic rings. The van der Waals surface area contributed by atoms with Crippen molar-refractivity contribution < 1.29 is 5.11 Å². The van der Waals surface area contributed by atoms with Crippen LogP contribution in [0.3, 0.4) is 0 Å². The molecule has 4 aliphatic carbocycles. The Balaban J connectivity index is 0.00000171. The van der Waals surface area contributed by atoms with Crippen LogP contribution in [-0.2, 0) is 6.54 Å². The number of β-amino-alcohol motifs (C(OH)–C–C–N with tert-alkyl or cyclic N) is 1. The lowest BCUT2D eigenvalue weighted by molar-refractivity contribution is -0.129. The summed E-state index contributed by atoms with van der Waals surface area (Å²) < 4.78 is 2.01. The number of piperidine rings is 1. The second-order valence-electron chi connectivity index (χ2n) is 10.7. The minimum atomic E-state index is -0.164. The minimum Gasteiger partial charge on any atom is -0.391 e. The molecule has 1 unspecified atom stereocenters. The van der Waals surface area contributed by atoms with Crippen LogP contribution in [-0.4, -0.2) is 40.3 Å². The van der Waals surface area contributed by atoms with Gasteiger partial charge in [-0.3, -0.25) is 9.69 Å². The molecule has 1 aromatic rings. The Morgan fingerprint density at radius 2 is 1.64 bits per heavy atom. The topological polar surface area (TPSA) is 45.5 Å². The van der Waals surface area contributed by atoms with Crippen LogP contribution in [0.4, 0.5) is 0 Å². The van der Waals surface area contributed by atoms with Crippen LogP contribution in [0.15, 0.2) is 23.0 Å². The first-order valence-electron chi connectivity index (χ1n) is 11.2. The van der Waals surface area contributed by atoms with Gasteiger partial charge in [-0.25, -0.2) is 0 Å². The van der Waals surface area contributed by atoms with Crippen LogP contribution >= 0.6 is 12.4 Å². The Hall–Kier alpha value is -0.840. The summed E-state index contributed by atoms with van der Waals surface area (Å²) in [6, 6.07) is 5.75. The van der Waals surface area contributed by atoms with Gasteiger partial charge in [-0.15, -0.1) is 12.4 Å². The van der Waals surface area contributed by atoms with E-state index >= 15 is 0 Å². The average Bonchev–Trinajstić information content (AvgIpc) is 2.61. The van der Waals surface area contributed by atoms with Crippen LogP contribution in [0.25, 0.3) is 0 Å². The number of fused-ring (bicyclic) bond motifs is 4. The van der Waals surface area contributed by atoms with E-state index in [1.165, 1.54) is 50.6 Å². The van der Waals surface area contributed by atoms with Crippen molar-refractivity contribution in [3.05, 3.63) is 34.2 Å². The number of hydrogen-bond donors (Lipinski definition) is 1. The van der Waals surface area contributed by atoms with Gasteiger partial charge in [0.05, 0.1) is 6.10 Å². The summed E-state index contributed by atoms with van der Waals surface area (Å²) in [7, 11) is 0. The molecular weight excluding hydrogens is 372 g/mol.